The smallest absolute Gasteiger partial charge is 0.289 e. The number of rotatable bonds is 3. The second-order valence-corrected chi connectivity index (χ2v) is 3.89. The van der Waals surface area contributed by atoms with Crippen LogP contribution in [0.3, 0.4) is 0 Å². The van der Waals surface area contributed by atoms with Crippen LogP contribution in [0.5, 0.6) is 0 Å². The summed E-state index contributed by atoms with van der Waals surface area (Å²) in [7, 11) is 0. The largest absolute Gasteiger partial charge is 0.390 e. The first-order chi connectivity index (χ1) is 6.90. The first-order valence-corrected chi connectivity index (χ1v) is 4.87. The number of hydrogen-bond donors (Lipinski definition) is 2. The molecule has 0 aliphatic heterocycles. The van der Waals surface area contributed by atoms with E-state index < -0.39 is 24.4 Å². The maximum atomic E-state index is 13.2. The third kappa shape index (κ3) is 3.10. The first-order valence-electron chi connectivity index (χ1n) is 4.08. The van der Waals surface area contributed by atoms with Crippen LogP contribution in [0.15, 0.2) is 22.7 Å². The van der Waals surface area contributed by atoms with E-state index in [0.717, 1.165) is 6.07 Å². The number of hydrogen-bond acceptors (Lipinski definition) is 2. The number of nitrogens with two attached hydrogens (primary N) is 1. The molecule has 0 saturated heterocycles. The van der Waals surface area contributed by atoms with Crippen LogP contribution >= 0.6 is 28.3 Å². The summed E-state index contributed by atoms with van der Waals surface area (Å²) in [5.74, 6) is -4.38. The Balaban J connectivity index is 0.00000225. The van der Waals surface area contributed by atoms with Crippen LogP contribution in [0.25, 0.3) is 0 Å². The van der Waals surface area contributed by atoms with Crippen molar-refractivity contribution in [3.63, 3.8) is 0 Å². The molecule has 1 aromatic rings. The van der Waals surface area contributed by atoms with Gasteiger partial charge < -0.3 is 10.8 Å². The monoisotopic (exact) mass is 319 g/mol. The molecule has 0 spiro atoms. The summed E-state index contributed by atoms with van der Waals surface area (Å²) in [6.07, 6.45) is 0. The van der Waals surface area contributed by atoms with E-state index in [0.29, 0.717) is 0 Å². The fourth-order valence-corrected chi connectivity index (χ4v) is 1.71. The van der Waals surface area contributed by atoms with Crippen LogP contribution in [-0.2, 0) is 0 Å². The van der Waals surface area contributed by atoms with E-state index >= 15 is 0 Å². The van der Waals surface area contributed by atoms with Gasteiger partial charge in [0.05, 0.1) is 0 Å². The van der Waals surface area contributed by atoms with E-state index in [1.807, 2.05) is 0 Å². The van der Waals surface area contributed by atoms with Crippen molar-refractivity contribution < 1.29 is 18.3 Å². The van der Waals surface area contributed by atoms with Crippen molar-refractivity contribution in [3.05, 3.63) is 34.1 Å². The fraction of sp³-hybridized carbons (Fsp3) is 0.333. The lowest BCUT2D eigenvalue weighted by molar-refractivity contribution is -0.0720. The van der Waals surface area contributed by atoms with Crippen molar-refractivity contribution in [1.82, 2.24) is 0 Å². The summed E-state index contributed by atoms with van der Waals surface area (Å²) in [6.45, 7) is -1.42. The number of aliphatic hydroxyl groups is 1. The number of benzene rings is 1. The molecule has 0 unspecified atom stereocenters. The number of halogens is 5. The second-order valence-electron chi connectivity index (χ2n) is 3.03. The van der Waals surface area contributed by atoms with Crippen molar-refractivity contribution in [2.75, 3.05) is 6.61 Å². The van der Waals surface area contributed by atoms with Gasteiger partial charge >= 0.3 is 0 Å². The van der Waals surface area contributed by atoms with Crippen molar-refractivity contribution in [2.24, 2.45) is 5.73 Å². The maximum Gasteiger partial charge on any atom is 0.289 e. The SMILES string of the molecule is Cl.N[C@H](c1c(F)cccc1Br)C(F)(F)CO. The molecule has 0 bridgehead atoms. The van der Waals surface area contributed by atoms with Crippen molar-refractivity contribution >= 4 is 28.3 Å². The molecule has 0 fully saturated rings. The fourth-order valence-electron chi connectivity index (χ4n) is 1.12. The van der Waals surface area contributed by atoms with E-state index in [-0.39, 0.29) is 22.4 Å². The molecule has 0 aliphatic carbocycles. The normalized spacial score (nSPS) is 13.1. The Bertz CT molecular complexity index is 344. The third-order valence-corrected chi connectivity index (χ3v) is 2.67. The Morgan fingerprint density at radius 2 is 2.00 bits per heavy atom. The molecule has 3 N–H and O–H groups in total. The summed E-state index contributed by atoms with van der Waals surface area (Å²) in [5.41, 5.74) is 4.87. The molecule has 1 atom stereocenters. The van der Waals surface area contributed by atoms with E-state index in [1.54, 1.807) is 0 Å². The van der Waals surface area contributed by atoms with E-state index in [2.05, 4.69) is 15.9 Å². The van der Waals surface area contributed by atoms with Gasteiger partial charge in [-0.05, 0) is 12.1 Å². The zero-order chi connectivity index (χ0) is 11.6. The molecule has 7 heteroatoms. The highest BCUT2D eigenvalue weighted by molar-refractivity contribution is 9.10. The number of alkyl halides is 2. The topological polar surface area (TPSA) is 46.2 Å². The lowest BCUT2D eigenvalue weighted by atomic mass is 10.0. The molecular weight excluding hydrogens is 310 g/mol. The molecule has 0 radical (unpaired) electrons. The quantitative estimate of drug-likeness (QED) is 0.899. The average Bonchev–Trinajstić information content (AvgIpc) is 2.17. The van der Waals surface area contributed by atoms with Gasteiger partial charge in [-0.3, -0.25) is 0 Å². The van der Waals surface area contributed by atoms with Crippen molar-refractivity contribution in [2.45, 2.75) is 12.0 Å². The Kier molecular flexibility index (Phi) is 5.75. The maximum absolute atomic E-state index is 13.2. The van der Waals surface area contributed by atoms with Crippen LogP contribution in [-0.4, -0.2) is 17.6 Å². The van der Waals surface area contributed by atoms with Gasteiger partial charge in [0.1, 0.15) is 18.5 Å². The Morgan fingerprint density at radius 3 is 2.44 bits per heavy atom. The highest BCUT2D eigenvalue weighted by Gasteiger charge is 2.39. The summed E-state index contributed by atoms with van der Waals surface area (Å²) in [6, 6.07) is 1.93. The lowest BCUT2D eigenvalue weighted by Gasteiger charge is -2.22. The van der Waals surface area contributed by atoms with Gasteiger partial charge in [0.15, 0.2) is 0 Å². The molecule has 0 saturated carbocycles. The number of aliphatic hydroxyl groups excluding tert-OH is 1. The van der Waals surface area contributed by atoms with Crippen LogP contribution in [0, 0.1) is 5.82 Å². The minimum atomic E-state index is -3.55. The molecule has 0 aromatic heterocycles. The Morgan fingerprint density at radius 1 is 1.44 bits per heavy atom. The Hall–Kier alpha value is -0.300. The molecule has 92 valence electrons. The van der Waals surface area contributed by atoms with Crippen molar-refractivity contribution in [3.8, 4) is 0 Å². The average molecular weight is 321 g/mol. The van der Waals surface area contributed by atoms with Crippen molar-refractivity contribution in [1.29, 1.82) is 0 Å². The molecule has 2 nitrogen and oxygen atoms in total. The van der Waals surface area contributed by atoms with Gasteiger partial charge in [-0.1, -0.05) is 22.0 Å². The predicted molar refractivity (Wildman–Crippen MR) is 60.3 cm³/mol. The second kappa shape index (κ2) is 5.86. The van der Waals surface area contributed by atoms with Gasteiger partial charge in [0.25, 0.3) is 5.92 Å². The summed E-state index contributed by atoms with van der Waals surface area (Å²) in [4.78, 5) is 0. The third-order valence-electron chi connectivity index (χ3n) is 1.98. The van der Waals surface area contributed by atoms with E-state index in [1.165, 1.54) is 12.1 Å². The molecule has 16 heavy (non-hydrogen) atoms. The van der Waals surface area contributed by atoms with Gasteiger partial charge in [-0.25, -0.2) is 13.2 Å². The molecular formula is C9H10BrClF3NO. The van der Waals surface area contributed by atoms with Gasteiger partial charge in [-0.2, -0.15) is 0 Å². The van der Waals surface area contributed by atoms with Gasteiger partial charge in [0.2, 0.25) is 0 Å². The van der Waals surface area contributed by atoms with Crippen LogP contribution in [0.2, 0.25) is 0 Å². The van der Waals surface area contributed by atoms with Gasteiger partial charge in [-0.15, -0.1) is 12.4 Å². The molecule has 1 aromatic carbocycles. The van der Waals surface area contributed by atoms with Crippen LogP contribution in [0.4, 0.5) is 13.2 Å². The van der Waals surface area contributed by atoms with Gasteiger partial charge in [0, 0.05) is 10.0 Å². The zero-order valence-electron chi connectivity index (χ0n) is 7.96. The molecule has 0 amide bonds. The summed E-state index contributed by atoms with van der Waals surface area (Å²) in [5, 5.41) is 8.44. The zero-order valence-corrected chi connectivity index (χ0v) is 10.4. The highest BCUT2D eigenvalue weighted by atomic mass is 79.9. The molecule has 0 aliphatic rings. The van der Waals surface area contributed by atoms with E-state index in [9.17, 15) is 13.2 Å². The molecule has 1 rings (SSSR count). The standard InChI is InChI=1S/C9H9BrF3NO.ClH/c10-5-2-1-3-6(11)7(5)8(14)9(12,13)4-15;/h1-3,8,15H,4,14H2;1H/t8-;/m1./s1. The minimum Gasteiger partial charge on any atom is -0.390 e. The Labute approximate surface area is 105 Å². The predicted octanol–water partition coefficient (Wildman–Crippen LogP) is 2.64. The lowest BCUT2D eigenvalue weighted by Crippen LogP contribution is -2.37. The van der Waals surface area contributed by atoms with Crippen LogP contribution < -0.4 is 5.73 Å². The highest BCUT2D eigenvalue weighted by Crippen LogP contribution is 2.34. The van der Waals surface area contributed by atoms with Crippen LogP contribution in [0.1, 0.15) is 11.6 Å². The minimum absolute atomic E-state index is 0. The summed E-state index contributed by atoms with van der Waals surface area (Å²) >= 11 is 2.93. The van der Waals surface area contributed by atoms with E-state index in [4.69, 9.17) is 10.8 Å². The first kappa shape index (κ1) is 15.7. The molecule has 0 heterocycles. The summed E-state index contributed by atoms with van der Waals surface area (Å²) < 4.78 is 39.5.